The Kier molecular flexibility index (Phi) is 5.59. The van der Waals surface area contributed by atoms with Crippen molar-refractivity contribution in [2.45, 2.75) is 13.5 Å². The highest BCUT2D eigenvalue weighted by molar-refractivity contribution is 14.1. The predicted octanol–water partition coefficient (Wildman–Crippen LogP) is 2.30. The molecule has 104 valence electrons. The summed E-state index contributed by atoms with van der Waals surface area (Å²) in [4.78, 5) is 14.2. The number of hydrogen-bond acceptors (Lipinski definition) is 4. The van der Waals surface area contributed by atoms with Crippen LogP contribution in [0.3, 0.4) is 0 Å². The summed E-state index contributed by atoms with van der Waals surface area (Å²) in [6.07, 6.45) is 0. The Morgan fingerprint density at radius 1 is 1.42 bits per heavy atom. The second kappa shape index (κ2) is 7.21. The van der Waals surface area contributed by atoms with Crippen molar-refractivity contribution in [2.75, 3.05) is 32.9 Å². The van der Waals surface area contributed by atoms with Gasteiger partial charge in [-0.15, -0.1) is 0 Å². The van der Waals surface area contributed by atoms with Crippen LogP contribution in [0.15, 0.2) is 18.2 Å². The molecule has 1 aromatic carbocycles. The number of rotatable bonds is 4. The molecule has 0 spiro atoms. The lowest BCUT2D eigenvalue weighted by molar-refractivity contribution is 0.0340. The number of nitrogens with zero attached hydrogens (tertiary/aromatic N) is 1. The largest absolute Gasteiger partial charge is 0.462 e. The summed E-state index contributed by atoms with van der Waals surface area (Å²) in [6, 6.07) is 5.81. The first-order valence-corrected chi connectivity index (χ1v) is 7.55. The molecular weight excluding hydrogens is 357 g/mol. The maximum Gasteiger partial charge on any atom is 0.339 e. The highest BCUT2D eigenvalue weighted by atomic mass is 127. The Morgan fingerprint density at radius 2 is 2.16 bits per heavy atom. The smallest absolute Gasteiger partial charge is 0.339 e. The van der Waals surface area contributed by atoms with E-state index in [-0.39, 0.29) is 5.97 Å². The van der Waals surface area contributed by atoms with Crippen molar-refractivity contribution in [1.29, 1.82) is 0 Å². The third-order valence-electron chi connectivity index (χ3n) is 3.07. The van der Waals surface area contributed by atoms with Crippen LogP contribution in [0.25, 0.3) is 0 Å². The summed E-state index contributed by atoms with van der Waals surface area (Å²) in [6.45, 7) is 6.54. The Balaban J connectivity index is 2.12. The molecule has 0 saturated carbocycles. The second-order valence-electron chi connectivity index (χ2n) is 4.39. The van der Waals surface area contributed by atoms with Gasteiger partial charge in [0.1, 0.15) is 0 Å². The van der Waals surface area contributed by atoms with Crippen LogP contribution in [0.2, 0.25) is 0 Å². The molecule has 1 aliphatic rings. The molecule has 1 heterocycles. The van der Waals surface area contributed by atoms with E-state index >= 15 is 0 Å². The Hall–Kier alpha value is -0.660. The predicted molar refractivity (Wildman–Crippen MR) is 81.2 cm³/mol. The summed E-state index contributed by atoms with van der Waals surface area (Å²) >= 11 is 2.23. The van der Waals surface area contributed by atoms with Crippen molar-refractivity contribution in [1.82, 2.24) is 4.90 Å². The van der Waals surface area contributed by atoms with Gasteiger partial charge in [0, 0.05) is 23.2 Å². The minimum atomic E-state index is -0.240. The molecule has 1 aliphatic heterocycles. The lowest BCUT2D eigenvalue weighted by atomic mass is 10.1. The van der Waals surface area contributed by atoms with Crippen molar-refractivity contribution < 1.29 is 14.3 Å². The van der Waals surface area contributed by atoms with Gasteiger partial charge < -0.3 is 9.47 Å². The van der Waals surface area contributed by atoms with Crippen LogP contribution < -0.4 is 0 Å². The monoisotopic (exact) mass is 375 g/mol. The SMILES string of the molecule is CCOC(=O)c1cccc(CN2CCOCC2)c1I. The second-order valence-corrected chi connectivity index (χ2v) is 5.47. The number of carbonyl (C=O) groups excluding carboxylic acids is 1. The summed E-state index contributed by atoms with van der Waals surface area (Å²) in [7, 11) is 0. The number of benzene rings is 1. The first kappa shape index (κ1) is 14.7. The van der Waals surface area contributed by atoms with Gasteiger partial charge in [-0.3, -0.25) is 4.90 Å². The molecule has 2 rings (SSSR count). The third kappa shape index (κ3) is 3.90. The van der Waals surface area contributed by atoms with Gasteiger partial charge in [0.25, 0.3) is 0 Å². The maximum absolute atomic E-state index is 11.8. The fraction of sp³-hybridized carbons (Fsp3) is 0.500. The third-order valence-corrected chi connectivity index (χ3v) is 4.35. The van der Waals surface area contributed by atoms with E-state index in [1.165, 1.54) is 5.56 Å². The summed E-state index contributed by atoms with van der Waals surface area (Å²) in [5, 5.41) is 0. The van der Waals surface area contributed by atoms with Crippen LogP contribution in [0.4, 0.5) is 0 Å². The van der Waals surface area contributed by atoms with Crippen LogP contribution in [0, 0.1) is 3.57 Å². The van der Waals surface area contributed by atoms with Crippen LogP contribution in [-0.4, -0.2) is 43.8 Å². The van der Waals surface area contributed by atoms with Crippen LogP contribution in [0.5, 0.6) is 0 Å². The zero-order valence-electron chi connectivity index (χ0n) is 11.0. The molecule has 5 heteroatoms. The number of ether oxygens (including phenoxy) is 2. The molecule has 19 heavy (non-hydrogen) atoms. The number of hydrogen-bond donors (Lipinski definition) is 0. The average Bonchev–Trinajstić information content (AvgIpc) is 2.42. The van der Waals surface area contributed by atoms with Gasteiger partial charge in [-0.25, -0.2) is 4.79 Å². The highest BCUT2D eigenvalue weighted by Crippen LogP contribution is 2.20. The van der Waals surface area contributed by atoms with E-state index in [1.807, 2.05) is 19.1 Å². The van der Waals surface area contributed by atoms with Crippen LogP contribution in [0.1, 0.15) is 22.8 Å². The first-order valence-electron chi connectivity index (χ1n) is 6.47. The summed E-state index contributed by atoms with van der Waals surface area (Å²) in [5.74, 6) is -0.240. The fourth-order valence-corrected chi connectivity index (χ4v) is 2.82. The van der Waals surface area contributed by atoms with Crippen molar-refractivity contribution >= 4 is 28.6 Å². The molecular formula is C14H18INO3. The Labute approximate surface area is 127 Å². The zero-order chi connectivity index (χ0) is 13.7. The number of carbonyl (C=O) groups is 1. The minimum Gasteiger partial charge on any atom is -0.462 e. The lowest BCUT2D eigenvalue weighted by Crippen LogP contribution is -2.35. The van der Waals surface area contributed by atoms with Gasteiger partial charge in [-0.1, -0.05) is 12.1 Å². The van der Waals surface area contributed by atoms with Crippen molar-refractivity contribution in [3.8, 4) is 0 Å². The van der Waals surface area contributed by atoms with Gasteiger partial charge in [-0.05, 0) is 41.1 Å². The number of halogens is 1. The molecule has 1 saturated heterocycles. The van der Waals surface area contributed by atoms with E-state index in [0.717, 1.165) is 36.4 Å². The zero-order valence-corrected chi connectivity index (χ0v) is 13.2. The van der Waals surface area contributed by atoms with Gasteiger partial charge in [-0.2, -0.15) is 0 Å². The Bertz CT molecular complexity index is 444. The topological polar surface area (TPSA) is 38.8 Å². The van der Waals surface area contributed by atoms with Crippen LogP contribution in [-0.2, 0) is 16.0 Å². The van der Waals surface area contributed by atoms with E-state index in [9.17, 15) is 4.79 Å². The quantitative estimate of drug-likeness (QED) is 0.598. The van der Waals surface area contributed by atoms with Crippen LogP contribution >= 0.6 is 22.6 Å². The normalized spacial score (nSPS) is 16.3. The van der Waals surface area contributed by atoms with Crippen molar-refractivity contribution in [3.05, 3.63) is 32.9 Å². The van der Waals surface area contributed by atoms with Gasteiger partial charge in [0.2, 0.25) is 0 Å². The fourth-order valence-electron chi connectivity index (χ4n) is 2.07. The van der Waals surface area contributed by atoms with E-state index in [4.69, 9.17) is 9.47 Å². The number of esters is 1. The first-order chi connectivity index (χ1) is 9.22. The molecule has 0 amide bonds. The molecule has 0 bridgehead atoms. The van der Waals surface area contributed by atoms with E-state index < -0.39 is 0 Å². The van der Waals surface area contributed by atoms with Gasteiger partial charge in [0.15, 0.2) is 0 Å². The lowest BCUT2D eigenvalue weighted by Gasteiger charge is -2.27. The van der Waals surface area contributed by atoms with E-state index in [1.54, 1.807) is 0 Å². The highest BCUT2D eigenvalue weighted by Gasteiger charge is 2.16. The molecule has 1 aromatic rings. The van der Waals surface area contributed by atoms with Gasteiger partial charge in [0.05, 0.1) is 25.4 Å². The molecule has 0 radical (unpaired) electrons. The molecule has 4 nitrogen and oxygen atoms in total. The van der Waals surface area contributed by atoms with Gasteiger partial charge >= 0.3 is 5.97 Å². The summed E-state index contributed by atoms with van der Waals surface area (Å²) in [5.41, 5.74) is 1.83. The Morgan fingerprint density at radius 3 is 2.84 bits per heavy atom. The summed E-state index contributed by atoms with van der Waals surface area (Å²) < 4.78 is 11.4. The van der Waals surface area contributed by atoms with E-state index in [0.29, 0.717) is 12.2 Å². The van der Waals surface area contributed by atoms with Crippen molar-refractivity contribution in [3.63, 3.8) is 0 Å². The maximum atomic E-state index is 11.8. The molecule has 0 atom stereocenters. The molecule has 0 N–H and O–H groups in total. The van der Waals surface area contributed by atoms with E-state index in [2.05, 4.69) is 33.6 Å². The molecule has 1 fully saturated rings. The molecule has 0 aromatic heterocycles. The minimum absolute atomic E-state index is 0.240. The number of morpholine rings is 1. The molecule has 0 aliphatic carbocycles. The standard InChI is InChI=1S/C14H18INO3/c1-2-19-14(17)12-5-3-4-11(13(12)15)10-16-6-8-18-9-7-16/h3-5H,2,6-10H2,1H3. The molecule has 0 unspecified atom stereocenters. The average molecular weight is 375 g/mol. The van der Waals surface area contributed by atoms with Crippen molar-refractivity contribution in [2.24, 2.45) is 0 Å².